The maximum Gasteiger partial charge on any atom is 0.322 e. The van der Waals surface area contributed by atoms with Gasteiger partial charge in [0.2, 0.25) is 11.7 Å². The zero-order chi connectivity index (χ0) is 20.2. The van der Waals surface area contributed by atoms with Crippen molar-refractivity contribution in [3.05, 3.63) is 65.0 Å². The highest BCUT2D eigenvalue weighted by Gasteiger charge is 2.32. The number of urea groups is 1. The molecule has 0 radical (unpaired) electrons. The maximum atomic E-state index is 13.0. The van der Waals surface area contributed by atoms with E-state index in [1.807, 2.05) is 36.4 Å². The van der Waals surface area contributed by atoms with Crippen LogP contribution in [0.25, 0.3) is 11.4 Å². The first kappa shape index (κ1) is 19.5. The Bertz CT molecular complexity index is 1000. The molecular formula is C22H23ClN4O2. The Hall–Kier alpha value is -2.86. The summed E-state index contributed by atoms with van der Waals surface area (Å²) in [4.78, 5) is 19.4. The first-order chi connectivity index (χ1) is 14.2. The van der Waals surface area contributed by atoms with Gasteiger partial charge in [-0.15, -0.1) is 0 Å². The number of anilines is 1. The van der Waals surface area contributed by atoms with Crippen LogP contribution in [-0.4, -0.2) is 27.6 Å². The normalized spacial score (nSPS) is 16.6. The smallest absolute Gasteiger partial charge is 0.322 e. The molecule has 1 aliphatic rings. The molecule has 29 heavy (non-hydrogen) atoms. The molecule has 6 nitrogen and oxygen atoms in total. The van der Waals surface area contributed by atoms with Gasteiger partial charge in [0.05, 0.1) is 0 Å². The van der Waals surface area contributed by atoms with E-state index < -0.39 is 0 Å². The Labute approximate surface area is 174 Å². The van der Waals surface area contributed by atoms with E-state index in [0.29, 0.717) is 23.3 Å². The van der Waals surface area contributed by atoms with Crippen LogP contribution in [0, 0.1) is 0 Å². The number of piperidine rings is 1. The van der Waals surface area contributed by atoms with E-state index >= 15 is 0 Å². The lowest BCUT2D eigenvalue weighted by Crippen LogP contribution is -2.41. The minimum atomic E-state index is -0.238. The highest BCUT2D eigenvalue weighted by Crippen LogP contribution is 2.32. The molecule has 2 amide bonds. The number of para-hydroxylation sites is 1. The van der Waals surface area contributed by atoms with Crippen LogP contribution in [0.3, 0.4) is 0 Å². The van der Waals surface area contributed by atoms with Crippen LogP contribution in [0.5, 0.6) is 0 Å². The fraction of sp³-hybridized carbons (Fsp3) is 0.318. The van der Waals surface area contributed by atoms with Gasteiger partial charge >= 0.3 is 6.03 Å². The average Bonchev–Trinajstić information content (AvgIpc) is 3.24. The van der Waals surface area contributed by atoms with Crippen LogP contribution in [0.1, 0.15) is 43.7 Å². The summed E-state index contributed by atoms with van der Waals surface area (Å²) in [6.07, 6.45) is 3.61. The summed E-state index contributed by atoms with van der Waals surface area (Å²) in [6, 6.07) is 14.8. The molecule has 0 unspecified atom stereocenters. The molecule has 1 saturated heterocycles. The van der Waals surface area contributed by atoms with Crippen molar-refractivity contribution in [2.75, 3.05) is 11.9 Å². The van der Waals surface area contributed by atoms with Gasteiger partial charge in [-0.1, -0.05) is 54.0 Å². The standard InChI is InChI=1S/C22H23ClN4O2/c1-2-15-8-3-4-11-18(15)24-22(28)27-13-6-5-12-19(27)21-25-20(26-29-21)16-9-7-10-17(23)14-16/h3-4,7-11,14,19H,2,5-6,12-13H2,1H3,(H,24,28)/t19-/m0/s1. The maximum absolute atomic E-state index is 13.0. The van der Waals surface area contributed by atoms with Gasteiger partial charge in [-0.25, -0.2) is 4.79 Å². The van der Waals surface area contributed by atoms with Gasteiger partial charge in [-0.05, 0) is 49.4 Å². The quantitative estimate of drug-likeness (QED) is 0.597. The van der Waals surface area contributed by atoms with Crippen LogP contribution in [0.2, 0.25) is 5.02 Å². The highest BCUT2D eigenvalue weighted by molar-refractivity contribution is 6.30. The number of halogens is 1. The van der Waals surface area contributed by atoms with Gasteiger partial charge in [0, 0.05) is 22.8 Å². The summed E-state index contributed by atoms with van der Waals surface area (Å²) in [5, 5.41) is 7.77. The number of hydrogen-bond acceptors (Lipinski definition) is 4. The molecule has 1 atom stereocenters. The van der Waals surface area contributed by atoms with Crippen LogP contribution < -0.4 is 5.32 Å². The van der Waals surface area contributed by atoms with E-state index in [4.69, 9.17) is 16.1 Å². The molecule has 1 aliphatic heterocycles. The van der Waals surface area contributed by atoms with Gasteiger partial charge < -0.3 is 14.7 Å². The second-order valence-electron chi connectivity index (χ2n) is 7.11. The number of hydrogen-bond donors (Lipinski definition) is 1. The van der Waals surface area contributed by atoms with E-state index in [9.17, 15) is 4.79 Å². The number of carbonyl (C=O) groups is 1. The molecule has 1 aromatic heterocycles. The number of aromatic nitrogens is 2. The molecule has 1 fully saturated rings. The highest BCUT2D eigenvalue weighted by atomic mass is 35.5. The Morgan fingerprint density at radius 3 is 2.93 bits per heavy atom. The number of nitrogens with one attached hydrogen (secondary N) is 1. The molecule has 1 N–H and O–H groups in total. The minimum absolute atomic E-state index is 0.141. The third-order valence-electron chi connectivity index (χ3n) is 5.21. The largest absolute Gasteiger partial charge is 0.337 e. The van der Waals surface area contributed by atoms with Crippen molar-refractivity contribution in [2.24, 2.45) is 0 Å². The van der Waals surface area contributed by atoms with Crippen molar-refractivity contribution in [1.82, 2.24) is 15.0 Å². The molecule has 150 valence electrons. The second kappa shape index (κ2) is 8.66. The number of amides is 2. The van der Waals surface area contributed by atoms with Crippen molar-refractivity contribution in [2.45, 2.75) is 38.6 Å². The van der Waals surface area contributed by atoms with Crippen molar-refractivity contribution in [3.63, 3.8) is 0 Å². The van der Waals surface area contributed by atoms with Crippen LogP contribution >= 0.6 is 11.6 Å². The third-order valence-corrected chi connectivity index (χ3v) is 5.45. The van der Waals surface area contributed by atoms with Crippen molar-refractivity contribution in [1.29, 1.82) is 0 Å². The third kappa shape index (κ3) is 4.27. The van der Waals surface area contributed by atoms with Crippen LogP contribution in [-0.2, 0) is 6.42 Å². The predicted molar refractivity (Wildman–Crippen MR) is 113 cm³/mol. The van der Waals surface area contributed by atoms with Gasteiger partial charge in [0.15, 0.2) is 0 Å². The summed E-state index contributed by atoms with van der Waals surface area (Å²) in [5.74, 6) is 0.934. The molecular weight excluding hydrogens is 388 g/mol. The summed E-state index contributed by atoms with van der Waals surface area (Å²) >= 11 is 6.07. The molecule has 0 spiro atoms. The average molecular weight is 411 g/mol. The number of likely N-dealkylation sites (tertiary alicyclic amines) is 1. The van der Waals surface area contributed by atoms with Crippen molar-refractivity contribution >= 4 is 23.3 Å². The zero-order valence-corrected chi connectivity index (χ0v) is 17.0. The molecule has 7 heteroatoms. The number of rotatable bonds is 4. The summed E-state index contributed by atoms with van der Waals surface area (Å²) < 4.78 is 5.55. The summed E-state index contributed by atoms with van der Waals surface area (Å²) in [5.41, 5.74) is 2.74. The molecule has 0 aliphatic carbocycles. The monoisotopic (exact) mass is 410 g/mol. The molecule has 3 aromatic rings. The van der Waals surface area contributed by atoms with E-state index in [2.05, 4.69) is 22.4 Å². The van der Waals surface area contributed by atoms with Gasteiger partial charge in [-0.2, -0.15) is 4.98 Å². The Balaban J connectivity index is 1.55. The lowest BCUT2D eigenvalue weighted by molar-refractivity contribution is 0.142. The summed E-state index contributed by atoms with van der Waals surface area (Å²) in [7, 11) is 0. The van der Waals surface area contributed by atoms with Crippen molar-refractivity contribution < 1.29 is 9.32 Å². The second-order valence-corrected chi connectivity index (χ2v) is 7.55. The number of carbonyl (C=O) groups excluding carboxylic acids is 1. The fourth-order valence-corrected chi connectivity index (χ4v) is 3.87. The Morgan fingerprint density at radius 2 is 2.10 bits per heavy atom. The SMILES string of the molecule is CCc1ccccc1NC(=O)N1CCCC[C@H]1c1nc(-c2cccc(Cl)c2)no1. The molecule has 4 rings (SSSR count). The number of aryl methyl sites for hydroxylation is 1. The fourth-order valence-electron chi connectivity index (χ4n) is 3.68. The molecule has 2 aromatic carbocycles. The topological polar surface area (TPSA) is 71.3 Å². The molecule has 0 saturated carbocycles. The van der Waals surface area contributed by atoms with E-state index in [-0.39, 0.29) is 12.1 Å². The zero-order valence-electron chi connectivity index (χ0n) is 16.3. The Kier molecular flexibility index (Phi) is 5.81. The number of nitrogens with zero attached hydrogens (tertiary/aromatic N) is 3. The molecule has 0 bridgehead atoms. The Morgan fingerprint density at radius 1 is 1.24 bits per heavy atom. The van der Waals surface area contributed by atoms with E-state index in [1.165, 1.54) is 0 Å². The van der Waals surface area contributed by atoms with E-state index in [1.54, 1.807) is 17.0 Å². The van der Waals surface area contributed by atoms with Crippen LogP contribution in [0.15, 0.2) is 53.1 Å². The van der Waals surface area contributed by atoms with Gasteiger partial charge in [0.1, 0.15) is 6.04 Å². The van der Waals surface area contributed by atoms with Crippen molar-refractivity contribution in [3.8, 4) is 11.4 Å². The lowest BCUT2D eigenvalue weighted by atomic mass is 10.0. The van der Waals surface area contributed by atoms with E-state index in [0.717, 1.165) is 42.5 Å². The van der Waals surface area contributed by atoms with Gasteiger partial charge in [0.25, 0.3) is 0 Å². The predicted octanol–water partition coefficient (Wildman–Crippen LogP) is 5.71. The first-order valence-corrected chi connectivity index (χ1v) is 10.3. The lowest BCUT2D eigenvalue weighted by Gasteiger charge is -2.33. The number of benzene rings is 2. The minimum Gasteiger partial charge on any atom is -0.337 e. The molecule has 2 heterocycles. The summed E-state index contributed by atoms with van der Waals surface area (Å²) in [6.45, 7) is 2.73. The first-order valence-electron chi connectivity index (χ1n) is 9.90. The van der Waals surface area contributed by atoms with Crippen LogP contribution in [0.4, 0.5) is 10.5 Å². The van der Waals surface area contributed by atoms with Gasteiger partial charge in [-0.3, -0.25) is 0 Å².